The Morgan fingerprint density at radius 2 is 1.77 bits per heavy atom. The van der Waals surface area contributed by atoms with Gasteiger partial charge in [-0.05, 0) is 24.5 Å². The van der Waals surface area contributed by atoms with Crippen molar-refractivity contribution in [3.8, 4) is 0 Å². The minimum Gasteiger partial charge on any atom is -0.445 e. The van der Waals surface area contributed by atoms with Crippen LogP contribution < -0.4 is 0 Å². The second-order valence-electron chi connectivity index (χ2n) is 7.79. The Kier molecular flexibility index (Phi) is 5.95. The number of halogens is 3. The molecule has 0 spiro atoms. The Balaban J connectivity index is 1.44. The van der Waals surface area contributed by atoms with Crippen LogP contribution >= 0.6 is 0 Å². The van der Waals surface area contributed by atoms with Gasteiger partial charge in [0.15, 0.2) is 5.78 Å². The summed E-state index contributed by atoms with van der Waals surface area (Å²) in [6.07, 6.45) is -2.60. The molecular formula is C22H21F3N2O4. The third kappa shape index (κ3) is 4.71. The quantitative estimate of drug-likeness (QED) is 0.678. The predicted molar refractivity (Wildman–Crippen MR) is 103 cm³/mol. The Labute approximate surface area is 177 Å². The van der Waals surface area contributed by atoms with E-state index in [2.05, 4.69) is 4.98 Å². The van der Waals surface area contributed by atoms with Crippen molar-refractivity contribution in [1.82, 2.24) is 9.88 Å². The zero-order valence-electron chi connectivity index (χ0n) is 16.5. The number of nitrogens with zero attached hydrogens (tertiary/aromatic N) is 2. The van der Waals surface area contributed by atoms with Gasteiger partial charge in [0.05, 0.1) is 30.9 Å². The molecule has 2 fully saturated rings. The van der Waals surface area contributed by atoms with Gasteiger partial charge in [0.1, 0.15) is 6.61 Å². The minimum absolute atomic E-state index is 0.0704. The normalized spacial score (nSPS) is 23.3. The number of ether oxygens (including phenoxy) is 2. The maximum Gasteiger partial charge on any atom is 0.417 e. The van der Waals surface area contributed by atoms with Crippen molar-refractivity contribution < 1.29 is 32.2 Å². The summed E-state index contributed by atoms with van der Waals surface area (Å²) in [7, 11) is 0. The number of fused-ring (bicyclic) bond motifs is 2. The van der Waals surface area contributed by atoms with Crippen LogP contribution in [0.3, 0.4) is 0 Å². The molecule has 0 N–H and O–H groups in total. The van der Waals surface area contributed by atoms with Gasteiger partial charge < -0.3 is 9.47 Å². The number of ketones is 1. The van der Waals surface area contributed by atoms with E-state index in [9.17, 15) is 22.8 Å². The smallest absolute Gasteiger partial charge is 0.417 e. The van der Waals surface area contributed by atoms with E-state index in [4.69, 9.17) is 9.47 Å². The number of pyridine rings is 1. The number of carbonyl (C=O) groups is 2. The number of hydrogen-bond acceptors (Lipinski definition) is 5. The highest BCUT2D eigenvalue weighted by Crippen LogP contribution is 2.35. The molecule has 31 heavy (non-hydrogen) atoms. The number of morpholine rings is 1. The molecule has 3 heterocycles. The lowest BCUT2D eigenvalue weighted by Gasteiger charge is -2.47. The number of aromatic nitrogens is 1. The molecule has 2 saturated heterocycles. The number of hydrogen-bond donors (Lipinski definition) is 0. The third-order valence-electron chi connectivity index (χ3n) is 5.66. The van der Waals surface area contributed by atoms with E-state index >= 15 is 0 Å². The van der Waals surface area contributed by atoms with Gasteiger partial charge in [-0.3, -0.25) is 14.7 Å². The molecule has 0 saturated carbocycles. The molecule has 164 valence electrons. The zero-order valence-corrected chi connectivity index (χ0v) is 16.5. The average Bonchev–Trinajstić information content (AvgIpc) is 2.76. The molecule has 0 radical (unpaired) electrons. The fraction of sp³-hybridized carbons (Fsp3) is 0.409. The number of Topliss-reactive ketones (excluding diaryl/α,β-unsaturated/α-hetero) is 1. The van der Waals surface area contributed by atoms with Crippen LogP contribution in [0.15, 0.2) is 48.8 Å². The van der Waals surface area contributed by atoms with Gasteiger partial charge in [0.2, 0.25) is 0 Å². The summed E-state index contributed by atoms with van der Waals surface area (Å²) in [6.45, 7) is 0.637. The zero-order chi connectivity index (χ0) is 22.0. The molecule has 2 atom stereocenters. The highest BCUT2D eigenvalue weighted by molar-refractivity contribution is 5.98. The first-order valence-corrected chi connectivity index (χ1v) is 9.96. The lowest BCUT2D eigenvalue weighted by atomic mass is 9.81. The first-order valence-electron chi connectivity index (χ1n) is 9.96. The SMILES string of the molecule is O=C(c1cncc(C(F)(F)F)c1)C1CC2COCC(C1)N2C(=O)OCc1ccccc1. The number of alkyl halides is 3. The van der Waals surface area contributed by atoms with Gasteiger partial charge in [-0.25, -0.2) is 4.79 Å². The number of amides is 1. The van der Waals surface area contributed by atoms with Crippen molar-refractivity contribution in [2.24, 2.45) is 5.92 Å². The van der Waals surface area contributed by atoms with E-state index in [0.717, 1.165) is 17.8 Å². The summed E-state index contributed by atoms with van der Waals surface area (Å²) >= 11 is 0. The summed E-state index contributed by atoms with van der Waals surface area (Å²) in [5, 5.41) is 0. The summed E-state index contributed by atoms with van der Waals surface area (Å²) in [6, 6.07) is 9.37. The number of benzene rings is 1. The first kappa shape index (κ1) is 21.3. The molecule has 1 amide bonds. The Morgan fingerprint density at radius 1 is 1.10 bits per heavy atom. The third-order valence-corrected chi connectivity index (χ3v) is 5.66. The molecule has 2 bridgehead atoms. The van der Waals surface area contributed by atoms with E-state index in [1.54, 1.807) is 4.90 Å². The van der Waals surface area contributed by atoms with Crippen molar-refractivity contribution in [2.75, 3.05) is 13.2 Å². The van der Waals surface area contributed by atoms with Crippen LogP contribution in [0.25, 0.3) is 0 Å². The molecule has 2 unspecified atom stereocenters. The molecule has 6 nitrogen and oxygen atoms in total. The second-order valence-corrected chi connectivity index (χ2v) is 7.79. The lowest BCUT2D eigenvalue weighted by Crippen LogP contribution is -2.59. The maximum absolute atomic E-state index is 13.0. The predicted octanol–water partition coefficient (Wildman–Crippen LogP) is 4.10. The Bertz CT molecular complexity index is 937. The highest BCUT2D eigenvalue weighted by atomic mass is 19.4. The summed E-state index contributed by atoms with van der Waals surface area (Å²) in [5.41, 5.74) is -0.165. The summed E-state index contributed by atoms with van der Waals surface area (Å²) < 4.78 is 49.9. The van der Waals surface area contributed by atoms with E-state index < -0.39 is 29.5 Å². The Morgan fingerprint density at radius 3 is 2.42 bits per heavy atom. The van der Waals surface area contributed by atoms with E-state index in [1.165, 1.54) is 0 Å². The molecule has 4 rings (SSSR count). The van der Waals surface area contributed by atoms with Crippen molar-refractivity contribution in [2.45, 2.75) is 37.7 Å². The Hall–Kier alpha value is -2.94. The van der Waals surface area contributed by atoms with Gasteiger partial charge in [-0.1, -0.05) is 30.3 Å². The van der Waals surface area contributed by atoms with Crippen LogP contribution in [0.1, 0.15) is 34.3 Å². The number of rotatable bonds is 4. The van der Waals surface area contributed by atoms with Gasteiger partial charge in [-0.15, -0.1) is 0 Å². The number of piperidine rings is 1. The average molecular weight is 434 g/mol. The summed E-state index contributed by atoms with van der Waals surface area (Å²) in [4.78, 5) is 30.8. The van der Waals surface area contributed by atoms with Crippen LogP contribution in [0.2, 0.25) is 0 Å². The molecule has 2 aliphatic rings. The van der Waals surface area contributed by atoms with Crippen LogP contribution in [-0.2, 0) is 22.3 Å². The van der Waals surface area contributed by atoms with Crippen LogP contribution in [0, 0.1) is 5.92 Å². The fourth-order valence-electron chi connectivity index (χ4n) is 4.19. The van der Waals surface area contributed by atoms with E-state index in [1.807, 2.05) is 30.3 Å². The van der Waals surface area contributed by atoms with E-state index in [-0.39, 0.29) is 37.5 Å². The van der Waals surface area contributed by atoms with Gasteiger partial charge in [0, 0.05) is 23.9 Å². The monoisotopic (exact) mass is 434 g/mol. The van der Waals surface area contributed by atoms with Crippen LogP contribution in [-0.4, -0.2) is 47.1 Å². The molecule has 1 aromatic heterocycles. The van der Waals surface area contributed by atoms with E-state index in [0.29, 0.717) is 19.0 Å². The fourth-order valence-corrected chi connectivity index (χ4v) is 4.19. The topological polar surface area (TPSA) is 68.7 Å². The largest absolute Gasteiger partial charge is 0.445 e. The van der Waals surface area contributed by atoms with Gasteiger partial charge >= 0.3 is 12.3 Å². The number of carbonyl (C=O) groups excluding carboxylic acids is 2. The minimum atomic E-state index is -4.57. The molecule has 9 heteroatoms. The molecular weight excluding hydrogens is 413 g/mol. The van der Waals surface area contributed by atoms with Crippen LogP contribution in [0.5, 0.6) is 0 Å². The van der Waals surface area contributed by atoms with Crippen LogP contribution in [0.4, 0.5) is 18.0 Å². The van der Waals surface area contributed by atoms with Crippen molar-refractivity contribution in [3.63, 3.8) is 0 Å². The molecule has 1 aromatic carbocycles. The lowest BCUT2D eigenvalue weighted by molar-refractivity contribution is -0.137. The summed E-state index contributed by atoms with van der Waals surface area (Å²) in [5.74, 6) is -0.907. The first-order chi connectivity index (χ1) is 14.8. The van der Waals surface area contributed by atoms with Crippen molar-refractivity contribution in [1.29, 1.82) is 0 Å². The molecule has 2 aliphatic heterocycles. The van der Waals surface area contributed by atoms with Gasteiger partial charge in [0.25, 0.3) is 0 Å². The van der Waals surface area contributed by atoms with Gasteiger partial charge in [-0.2, -0.15) is 13.2 Å². The maximum atomic E-state index is 13.0. The van der Waals surface area contributed by atoms with Crippen molar-refractivity contribution in [3.05, 3.63) is 65.5 Å². The van der Waals surface area contributed by atoms with Crippen molar-refractivity contribution >= 4 is 11.9 Å². The molecule has 2 aromatic rings. The second kappa shape index (κ2) is 8.66. The molecule has 0 aliphatic carbocycles. The highest BCUT2D eigenvalue weighted by Gasteiger charge is 2.44. The standard InChI is InChI=1S/C22H21F3N2O4/c23-22(24,25)17-6-16(9-26-10-17)20(28)15-7-18-12-30-13-19(8-15)27(18)21(29)31-11-14-4-2-1-3-5-14/h1-6,9-10,15,18-19H,7-8,11-13H2.